The second-order valence-electron chi connectivity index (χ2n) is 4.15. The van der Waals surface area contributed by atoms with Crippen molar-refractivity contribution in [3.05, 3.63) is 24.5 Å². The fraction of sp³-hybridized carbons (Fsp3) is 0.692. The molecule has 0 unspecified atom stereocenters. The highest BCUT2D eigenvalue weighted by Gasteiger charge is 2.04. The number of hydrogen-bond donors (Lipinski definition) is 0. The van der Waals surface area contributed by atoms with Crippen LogP contribution in [0.1, 0.15) is 39.7 Å². The van der Waals surface area contributed by atoms with E-state index < -0.39 is 0 Å². The standard InChI is InChI=1S/C13H24N2/c1-4-14(5-2)10-8-9-13(3)15-11-6-7-12-15/h6-7,11-13H,4-5,8-10H2,1-3H3/t13-/m0/s1. The van der Waals surface area contributed by atoms with Crippen molar-refractivity contribution in [2.75, 3.05) is 19.6 Å². The SMILES string of the molecule is CCN(CC)CCC[C@H](C)n1cccc1. The third-order valence-electron chi connectivity index (χ3n) is 3.13. The van der Waals surface area contributed by atoms with E-state index in [1.165, 1.54) is 32.5 Å². The Morgan fingerprint density at radius 2 is 1.73 bits per heavy atom. The molecule has 0 radical (unpaired) electrons. The average Bonchev–Trinajstić information content (AvgIpc) is 2.77. The molecule has 0 amide bonds. The molecule has 0 saturated carbocycles. The Labute approximate surface area is 93.9 Å². The first-order chi connectivity index (χ1) is 7.27. The largest absolute Gasteiger partial charge is 0.352 e. The molecule has 0 bridgehead atoms. The van der Waals surface area contributed by atoms with Gasteiger partial charge in [0.05, 0.1) is 0 Å². The van der Waals surface area contributed by atoms with E-state index in [2.05, 4.69) is 54.8 Å². The van der Waals surface area contributed by atoms with Crippen LogP contribution in [-0.2, 0) is 0 Å². The van der Waals surface area contributed by atoms with Gasteiger partial charge in [0.2, 0.25) is 0 Å². The minimum atomic E-state index is 0.635. The molecule has 0 aromatic carbocycles. The smallest absolute Gasteiger partial charge is 0.0302 e. The first-order valence-electron chi connectivity index (χ1n) is 6.12. The minimum absolute atomic E-state index is 0.635. The summed E-state index contributed by atoms with van der Waals surface area (Å²) in [6.45, 7) is 10.3. The minimum Gasteiger partial charge on any atom is -0.352 e. The van der Waals surface area contributed by atoms with Crippen LogP contribution in [0.3, 0.4) is 0 Å². The maximum atomic E-state index is 2.49. The molecule has 0 aliphatic rings. The van der Waals surface area contributed by atoms with Gasteiger partial charge in [-0.05, 0) is 51.5 Å². The van der Waals surface area contributed by atoms with Gasteiger partial charge in [0.25, 0.3) is 0 Å². The number of aromatic nitrogens is 1. The molecule has 1 rings (SSSR count). The summed E-state index contributed by atoms with van der Waals surface area (Å²) in [5.41, 5.74) is 0. The summed E-state index contributed by atoms with van der Waals surface area (Å²) >= 11 is 0. The Bertz CT molecular complexity index is 237. The van der Waals surface area contributed by atoms with Crippen LogP contribution in [0.25, 0.3) is 0 Å². The molecular weight excluding hydrogens is 184 g/mol. The van der Waals surface area contributed by atoms with E-state index in [0.717, 1.165) is 0 Å². The van der Waals surface area contributed by atoms with E-state index in [0.29, 0.717) is 6.04 Å². The van der Waals surface area contributed by atoms with Crippen LogP contribution >= 0.6 is 0 Å². The van der Waals surface area contributed by atoms with Crippen LogP contribution in [0.2, 0.25) is 0 Å². The van der Waals surface area contributed by atoms with Crippen LogP contribution in [0, 0.1) is 0 Å². The zero-order valence-corrected chi connectivity index (χ0v) is 10.3. The molecule has 1 aromatic heterocycles. The summed E-state index contributed by atoms with van der Waals surface area (Å²) < 4.78 is 2.29. The summed E-state index contributed by atoms with van der Waals surface area (Å²) in [4.78, 5) is 2.49. The number of nitrogens with zero attached hydrogens (tertiary/aromatic N) is 2. The first kappa shape index (κ1) is 12.3. The van der Waals surface area contributed by atoms with Crippen LogP contribution in [0.5, 0.6) is 0 Å². The van der Waals surface area contributed by atoms with Gasteiger partial charge in [-0.2, -0.15) is 0 Å². The molecule has 0 N–H and O–H groups in total. The fourth-order valence-electron chi connectivity index (χ4n) is 1.94. The van der Waals surface area contributed by atoms with Crippen molar-refractivity contribution in [2.45, 2.75) is 39.7 Å². The molecule has 0 saturated heterocycles. The van der Waals surface area contributed by atoms with Crippen molar-refractivity contribution in [2.24, 2.45) is 0 Å². The third-order valence-corrected chi connectivity index (χ3v) is 3.13. The number of rotatable bonds is 7. The molecule has 0 aliphatic carbocycles. The molecule has 2 heteroatoms. The molecule has 0 aliphatic heterocycles. The molecule has 86 valence electrons. The number of hydrogen-bond acceptors (Lipinski definition) is 1. The van der Waals surface area contributed by atoms with Crippen molar-refractivity contribution in [1.82, 2.24) is 9.47 Å². The van der Waals surface area contributed by atoms with Crippen molar-refractivity contribution in [1.29, 1.82) is 0 Å². The highest BCUT2D eigenvalue weighted by molar-refractivity contribution is 4.92. The van der Waals surface area contributed by atoms with E-state index in [1.807, 2.05) is 0 Å². The predicted molar refractivity (Wildman–Crippen MR) is 66.2 cm³/mol. The lowest BCUT2D eigenvalue weighted by molar-refractivity contribution is 0.288. The normalized spacial score (nSPS) is 13.3. The van der Waals surface area contributed by atoms with Gasteiger partial charge in [-0.1, -0.05) is 13.8 Å². The van der Waals surface area contributed by atoms with Crippen LogP contribution < -0.4 is 0 Å². The molecule has 1 heterocycles. The Balaban J connectivity index is 2.20. The maximum absolute atomic E-state index is 2.49. The van der Waals surface area contributed by atoms with Crippen molar-refractivity contribution in [3.8, 4) is 0 Å². The second-order valence-corrected chi connectivity index (χ2v) is 4.15. The van der Waals surface area contributed by atoms with Crippen molar-refractivity contribution in [3.63, 3.8) is 0 Å². The van der Waals surface area contributed by atoms with Gasteiger partial charge in [-0.3, -0.25) is 0 Å². The molecule has 0 fully saturated rings. The van der Waals surface area contributed by atoms with E-state index in [9.17, 15) is 0 Å². The lowest BCUT2D eigenvalue weighted by atomic mass is 10.1. The topological polar surface area (TPSA) is 8.17 Å². The summed E-state index contributed by atoms with van der Waals surface area (Å²) in [6.07, 6.45) is 6.87. The summed E-state index contributed by atoms with van der Waals surface area (Å²) in [6, 6.07) is 4.83. The summed E-state index contributed by atoms with van der Waals surface area (Å²) in [7, 11) is 0. The zero-order valence-electron chi connectivity index (χ0n) is 10.3. The first-order valence-corrected chi connectivity index (χ1v) is 6.12. The van der Waals surface area contributed by atoms with Gasteiger partial charge < -0.3 is 9.47 Å². The molecule has 0 spiro atoms. The molecule has 15 heavy (non-hydrogen) atoms. The van der Waals surface area contributed by atoms with Gasteiger partial charge in [0.1, 0.15) is 0 Å². The van der Waals surface area contributed by atoms with Crippen LogP contribution in [0.4, 0.5) is 0 Å². The Kier molecular flexibility index (Phi) is 5.48. The molecule has 2 nitrogen and oxygen atoms in total. The average molecular weight is 208 g/mol. The van der Waals surface area contributed by atoms with Crippen LogP contribution in [0.15, 0.2) is 24.5 Å². The zero-order chi connectivity index (χ0) is 11.1. The van der Waals surface area contributed by atoms with E-state index in [1.54, 1.807) is 0 Å². The van der Waals surface area contributed by atoms with Gasteiger partial charge in [0.15, 0.2) is 0 Å². The Morgan fingerprint density at radius 3 is 2.27 bits per heavy atom. The highest BCUT2D eigenvalue weighted by atomic mass is 15.1. The maximum Gasteiger partial charge on any atom is 0.0302 e. The van der Waals surface area contributed by atoms with E-state index in [-0.39, 0.29) is 0 Å². The lowest BCUT2D eigenvalue weighted by Gasteiger charge is -2.19. The van der Waals surface area contributed by atoms with Gasteiger partial charge in [-0.25, -0.2) is 0 Å². The second kappa shape index (κ2) is 6.67. The highest BCUT2D eigenvalue weighted by Crippen LogP contribution is 2.13. The van der Waals surface area contributed by atoms with Crippen molar-refractivity contribution < 1.29 is 0 Å². The van der Waals surface area contributed by atoms with Crippen molar-refractivity contribution >= 4 is 0 Å². The summed E-state index contributed by atoms with van der Waals surface area (Å²) in [5.74, 6) is 0. The monoisotopic (exact) mass is 208 g/mol. The van der Waals surface area contributed by atoms with Gasteiger partial charge in [-0.15, -0.1) is 0 Å². The predicted octanol–water partition coefficient (Wildman–Crippen LogP) is 3.17. The van der Waals surface area contributed by atoms with Gasteiger partial charge in [0, 0.05) is 18.4 Å². The third kappa shape index (κ3) is 4.08. The van der Waals surface area contributed by atoms with E-state index in [4.69, 9.17) is 0 Å². The molecule has 1 atom stereocenters. The summed E-state index contributed by atoms with van der Waals surface area (Å²) in [5, 5.41) is 0. The Hall–Kier alpha value is -0.760. The fourth-order valence-corrected chi connectivity index (χ4v) is 1.94. The molecular formula is C13H24N2. The van der Waals surface area contributed by atoms with E-state index >= 15 is 0 Å². The molecule has 1 aromatic rings. The Morgan fingerprint density at radius 1 is 1.13 bits per heavy atom. The quantitative estimate of drug-likeness (QED) is 0.668. The van der Waals surface area contributed by atoms with Crippen LogP contribution in [-0.4, -0.2) is 29.1 Å². The lowest BCUT2D eigenvalue weighted by Crippen LogP contribution is -2.24. The van der Waals surface area contributed by atoms with Gasteiger partial charge >= 0.3 is 0 Å².